The Hall–Kier alpha value is -1.13. The van der Waals surface area contributed by atoms with Crippen LogP contribution in [-0.2, 0) is 0 Å². The van der Waals surface area contributed by atoms with Crippen molar-refractivity contribution in [3.63, 3.8) is 0 Å². The van der Waals surface area contributed by atoms with Gasteiger partial charge in [0.05, 0.1) is 0 Å². The van der Waals surface area contributed by atoms with E-state index in [0.717, 1.165) is 37.8 Å². The van der Waals surface area contributed by atoms with Crippen LogP contribution in [0.15, 0.2) is 24.3 Å². The maximum absolute atomic E-state index is 12.7. The summed E-state index contributed by atoms with van der Waals surface area (Å²) in [4.78, 5) is 2.32. The van der Waals surface area contributed by atoms with Crippen molar-refractivity contribution in [1.29, 1.82) is 0 Å². The van der Waals surface area contributed by atoms with Crippen LogP contribution in [-0.4, -0.2) is 44.7 Å². The maximum Gasteiger partial charge on any atom is 0.123 e. The highest BCUT2D eigenvalue weighted by molar-refractivity contribution is 5.21. The molecule has 0 amide bonds. The zero-order valence-electron chi connectivity index (χ0n) is 11.6. The molecule has 1 aromatic rings. The van der Waals surface area contributed by atoms with Crippen molar-refractivity contribution in [3.05, 3.63) is 30.1 Å². The molecule has 1 fully saturated rings. The Morgan fingerprint density at radius 2 is 1.95 bits per heavy atom. The van der Waals surface area contributed by atoms with Gasteiger partial charge in [-0.3, -0.25) is 0 Å². The fraction of sp³-hybridized carbons (Fsp3) is 0.600. The molecular formula is C15H23FN2O. The number of piperidine rings is 1. The molecular weight excluding hydrogens is 243 g/mol. The summed E-state index contributed by atoms with van der Waals surface area (Å²) in [6.07, 6.45) is 2.53. The maximum atomic E-state index is 12.7. The highest BCUT2D eigenvalue weighted by atomic mass is 19.1. The fourth-order valence-electron chi connectivity index (χ4n) is 2.45. The van der Waals surface area contributed by atoms with Gasteiger partial charge in [-0.25, -0.2) is 4.39 Å². The lowest BCUT2D eigenvalue weighted by molar-refractivity contribution is 0.199. The van der Waals surface area contributed by atoms with Gasteiger partial charge in [-0.15, -0.1) is 0 Å². The number of benzene rings is 1. The first-order chi connectivity index (χ1) is 9.24. The van der Waals surface area contributed by atoms with Crippen LogP contribution in [0.3, 0.4) is 0 Å². The van der Waals surface area contributed by atoms with Gasteiger partial charge in [-0.2, -0.15) is 0 Å². The Morgan fingerprint density at radius 1 is 1.26 bits per heavy atom. The predicted molar refractivity (Wildman–Crippen MR) is 75.0 cm³/mol. The Morgan fingerprint density at radius 3 is 2.63 bits per heavy atom. The topological polar surface area (TPSA) is 24.5 Å². The predicted octanol–water partition coefficient (Wildman–Crippen LogP) is 2.14. The third kappa shape index (κ3) is 5.17. The second kappa shape index (κ2) is 7.46. The van der Waals surface area contributed by atoms with Gasteiger partial charge < -0.3 is 15.0 Å². The zero-order chi connectivity index (χ0) is 13.5. The van der Waals surface area contributed by atoms with E-state index in [1.807, 2.05) is 0 Å². The molecule has 4 heteroatoms. The first-order valence-corrected chi connectivity index (χ1v) is 7.01. The molecule has 0 bridgehead atoms. The van der Waals surface area contributed by atoms with Crippen LogP contribution >= 0.6 is 0 Å². The Balaban J connectivity index is 1.63. The van der Waals surface area contributed by atoms with E-state index in [2.05, 4.69) is 17.3 Å². The van der Waals surface area contributed by atoms with Crippen LogP contribution in [0.5, 0.6) is 5.75 Å². The van der Waals surface area contributed by atoms with Gasteiger partial charge in [0.1, 0.15) is 18.2 Å². The van der Waals surface area contributed by atoms with E-state index in [1.54, 1.807) is 12.1 Å². The molecule has 0 saturated carbocycles. The van der Waals surface area contributed by atoms with E-state index < -0.39 is 0 Å². The van der Waals surface area contributed by atoms with Crippen molar-refractivity contribution in [2.45, 2.75) is 12.8 Å². The van der Waals surface area contributed by atoms with Crippen molar-refractivity contribution in [2.75, 3.05) is 39.8 Å². The summed E-state index contributed by atoms with van der Waals surface area (Å²) in [6, 6.07) is 6.19. The molecule has 1 aliphatic rings. The first-order valence-electron chi connectivity index (χ1n) is 7.01. The van der Waals surface area contributed by atoms with Gasteiger partial charge in [0, 0.05) is 13.1 Å². The number of ether oxygens (including phenoxy) is 1. The molecule has 3 nitrogen and oxygen atoms in total. The molecule has 1 heterocycles. The molecule has 1 aromatic carbocycles. The molecule has 0 radical (unpaired) electrons. The van der Waals surface area contributed by atoms with Crippen molar-refractivity contribution in [2.24, 2.45) is 5.92 Å². The quantitative estimate of drug-likeness (QED) is 0.853. The van der Waals surface area contributed by atoms with Gasteiger partial charge in [-0.05, 0) is 63.2 Å². The lowest BCUT2D eigenvalue weighted by Crippen LogP contribution is -2.36. The minimum Gasteiger partial charge on any atom is -0.492 e. The third-order valence-corrected chi connectivity index (χ3v) is 3.58. The van der Waals surface area contributed by atoms with Crippen LogP contribution in [0, 0.1) is 11.7 Å². The monoisotopic (exact) mass is 266 g/mol. The van der Waals surface area contributed by atoms with Crippen molar-refractivity contribution in [3.8, 4) is 5.75 Å². The van der Waals surface area contributed by atoms with Gasteiger partial charge in [-0.1, -0.05) is 0 Å². The number of likely N-dealkylation sites (N-methyl/N-ethyl adjacent to an activating group) is 1. The van der Waals surface area contributed by atoms with E-state index in [9.17, 15) is 4.39 Å². The molecule has 0 aromatic heterocycles. The lowest BCUT2D eigenvalue weighted by Gasteiger charge is -2.27. The standard InChI is InChI=1S/C15H23FN2O/c1-18(12-13-6-8-17-9-7-13)10-11-19-15-4-2-14(16)3-5-15/h2-5,13,17H,6-12H2,1H3. The minimum absolute atomic E-state index is 0.227. The average molecular weight is 266 g/mol. The van der Waals surface area contributed by atoms with Gasteiger partial charge in [0.25, 0.3) is 0 Å². The van der Waals surface area contributed by atoms with Crippen molar-refractivity contribution < 1.29 is 9.13 Å². The van der Waals surface area contributed by atoms with Gasteiger partial charge >= 0.3 is 0 Å². The summed E-state index contributed by atoms with van der Waals surface area (Å²) in [5.74, 6) is 1.31. The van der Waals surface area contributed by atoms with E-state index in [-0.39, 0.29) is 5.82 Å². The van der Waals surface area contributed by atoms with Crippen LogP contribution in [0.4, 0.5) is 4.39 Å². The highest BCUT2D eigenvalue weighted by Crippen LogP contribution is 2.13. The second-order valence-corrected chi connectivity index (χ2v) is 5.26. The fourth-order valence-corrected chi connectivity index (χ4v) is 2.45. The normalized spacial score (nSPS) is 16.8. The number of hydrogen-bond donors (Lipinski definition) is 1. The number of nitrogens with one attached hydrogen (secondary N) is 1. The first kappa shape index (κ1) is 14.3. The van der Waals surface area contributed by atoms with Gasteiger partial charge in [0.2, 0.25) is 0 Å². The molecule has 2 rings (SSSR count). The molecule has 1 aliphatic heterocycles. The van der Waals surface area contributed by atoms with E-state index >= 15 is 0 Å². The molecule has 0 spiro atoms. The highest BCUT2D eigenvalue weighted by Gasteiger charge is 2.14. The summed E-state index contributed by atoms with van der Waals surface area (Å²) in [5, 5.41) is 3.38. The summed E-state index contributed by atoms with van der Waals surface area (Å²) in [6.45, 7) is 4.97. The largest absolute Gasteiger partial charge is 0.492 e. The minimum atomic E-state index is -0.227. The van der Waals surface area contributed by atoms with Crippen LogP contribution in [0.1, 0.15) is 12.8 Å². The van der Waals surface area contributed by atoms with E-state index in [0.29, 0.717) is 6.61 Å². The number of rotatable bonds is 6. The molecule has 1 saturated heterocycles. The Labute approximate surface area is 114 Å². The average Bonchev–Trinajstić information content (AvgIpc) is 2.42. The molecule has 0 unspecified atom stereocenters. The molecule has 0 atom stereocenters. The SMILES string of the molecule is CN(CCOc1ccc(F)cc1)CC1CCNCC1. The summed E-state index contributed by atoms with van der Waals surface area (Å²) in [7, 11) is 2.13. The van der Waals surface area contributed by atoms with Crippen LogP contribution in [0.25, 0.3) is 0 Å². The summed E-state index contributed by atoms with van der Waals surface area (Å²) in [5.41, 5.74) is 0. The molecule has 0 aliphatic carbocycles. The molecule has 1 N–H and O–H groups in total. The zero-order valence-corrected chi connectivity index (χ0v) is 11.6. The van der Waals surface area contributed by atoms with Crippen molar-refractivity contribution in [1.82, 2.24) is 10.2 Å². The molecule has 19 heavy (non-hydrogen) atoms. The van der Waals surface area contributed by atoms with Crippen LogP contribution in [0.2, 0.25) is 0 Å². The van der Waals surface area contributed by atoms with Crippen molar-refractivity contribution >= 4 is 0 Å². The number of hydrogen-bond acceptors (Lipinski definition) is 3. The Bertz CT molecular complexity index is 363. The summed E-state index contributed by atoms with van der Waals surface area (Å²) < 4.78 is 18.3. The summed E-state index contributed by atoms with van der Waals surface area (Å²) >= 11 is 0. The lowest BCUT2D eigenvalue weighted by atomic mass is 9.98. The number of nitrogens with zero attached hydrogens (tertiary/aromatic N) is 1. The second-order valence-electron chi connectivity index (χ2n) is 5.26. The van der Waals surface area contributed by atoms with E-state index in [4.69, 9.17) is 4.74 Å². The van der Waals surface area contributed by atoms with Crippen LogP contribution < -0.4 is 10.1 Å². The van der Waals surface area contributed by atoms with Gasteiger partial charge in [0.15, 0.2) is 0 Å². The van der Waals surface area contributed by atoms with E-state index in [1.165, 1.54) is 25.0 Å². The molecule has 106 valence electrons. The smallest absolute Gasteiger partial charge is 0.123 e. The third-order valence-electron chi connectivity index (χ3n) is 3.58. The Kier molecular flexibility index (Phi) is 5.61. The number of halogens is 1.